The topological polar surface area (TPSA) is 79.0 Å². The van der Waals surface area contributed by atoms with Gasteiger partial charge < -0.3 is 15.0 Å². The number of carbonyl (C=O) groups excluding carboxylic acids is 1. The summed E-state index contributed by atoms with van der Waals surface area (Å²) >= 11 is 0. The Hall–Kier alpha value is -1.80. The third-order valence-electron chi connectivity index (χ3n) is 3.26. The Kier molecular flexibility index (Phi) is 8.00. The summed E-state index contributed by atoms with van der Waals surface area (Å²) in [6, 6.07) is 6.79. The predicted octanol–water partition coefficient (Wildman–Crippen LogP) is 0.919. The number of ether oxygens (including phenoxy) is 1. The van der Waals surface area contributed by atoms with Gasteiger partial charge in [0.1, 0.15) is 5.75 Å². The maximum atomic E-state index is 12.0. The third kappa shape index (κ3) is 7.18. The van der Waals surface area contributed by atoms with E-state index in [9.17, 15) is 13.2 Å². The van der Waals surface area contributed by atoms with Crippen LogP contribution >= 0.6 is 0 Å². The molecule has 0 aliphatic rings. The van der Waals surface area contributed by atoms with Crippen molar-refractivity contribution in [2.45, 2.75) is 13.3 Å². The number of nitrogens with one attached hydrogen (secondary N) is 1. The van der Waals surface area contributed by atoms with E-state index in [-0.39, 0.29) is 18.9 Å². The minimum Gasteiger partial charge on any atom is -0.494 e. The van der Waals surface area contributed by atoms with Crippen LogP contribution in [-0.4, -0.2) is 65.8 Å². The minimum atomic E-state index is -3.47. The molecule has 0 aromatic heterocycles. The van der Waals surface area contributed by atoms with Gasteiger partial charge in [-0.25, -0.2) is 8.42 Å². The summed E-state index contributed by atoms with van der Waals surface area (Å²) < 4.78 is 30.6. The monoisotopic (exact) mass is 357 g/mol. The second kappa shape index (κ2) is 9.48. The van der Waals surface area contributed by atoms with Crippen LogP contribution in [-0.2, 0) is 14.8 Å². The molecule has 136 valence electrons. The van der Waals surface area contributed by atoms with Gasteiger partial charge in [0.05, 0.1) is 18.6 Å². The normalized spacial score (nSPS) is 11.4. The quantitative estimate of drug-likeness (QED) is 0.674. The zero-order chi connectivity index (χ0) is 18.2. The highest BCUT2D eigenvalue weighted by Gasteiger charge is 2.18. The smallest absolute Gasteiger partial charge is 0.232 e. The fourth-order valence-corrected chi connectivity index (χ4v) is 3.00. The molecule has 0 radical (unpaired) electrons. The molecule has 1 aromatic rings. The second-order valence-electron chi connectivity index (χ2n) is 5.67. The highest BCUT2D eigenvalue weighted by molar-refractivity contribution is 7.92. The number of hydrogen-bond donors (Lipinski definition) is 1. The van der Waals surface area contributed by atoms with Gasteiger partial charge >= 0.3 is 0 Å². The summed E-state index contributed by atoms with van der Waals surface area (Å²) in [5.74, 6) is 0.507. The molecule has 0 aliphatic carbocycles. The number of nitrogens with zero attached hydrogens (tertiary/aromatic N) is 2. The molecule has 0 heterocycles. The van der Waals surface area contributed by atoms with E-state index < -0.39 is 10.0 Å². The van der Waals surface area contributed by atoms with E-state index in [2.05, 4.69) is 5.32 Å². The standard InChI is InChI=1S/C16H27N3O4S/c1-5-23-15-8-6-14(7-9-15)19(24(4,21)22)12-10-16(20)17-11-13-18(2)3/h6-9H,5,10-13H2,1-4H3,(H,17,20). The molecule has 0 bridgehead atoms. The highest BCUT2D eigenvalue weighted by Crippen LogP contribution is 2.21. The first-order valence-corrected chi connectivity index (χ1v) is 9.71. The highest BCUT2D eigenvalue weighted by atomic mass is 32.2. The van der Waals surface area contributed by atoms with Crippen LogP contribution in [0, 0.1) is 0 Å². The maximum absolute atomic E-state index is 12.0. The van der Waals surface area contributed by atoms with E-state index in [4.69, 9.17) is 4.74 Å². The number of hydrogen-bond acceptors (Lipinski definition) is 5. The summed E-state index contributed by atoms with van der Waals surface area (Å²) in [7, 11) is 0.372. The van der Waals surface area contributed by atoms with Crippen LogP contribution in [0.1, 0.15) is 13.3 Å². The van der Waals surface area contributed by atoms with Crippen LogP contribution < -0.4 is 14.4 Å². The Morgan fingerprint density at radius 1 is 1.17 bits per heavy atom. The lowest BCUT2D eigenvalue weighted by molar-refractivity contribution is -0.120. The first-order chi connectivity index (χ1) is 11.2. The number of likely N-dealkylation sites (N-methyl/N-ethyl adjacent to an activating group) is 1. The summed E-state index contributed by atoms with van der Waals surface area (Å²) in [5.41, 5.74) is 0.516. The van der Waals surface area contributed by atoms with Gasteiger partial charge in [-0.3, -0.25) is 9.10 Å². The summed E-state index contributed by atoms with van der Waals surface area (Å²) in [5, 5.41) is 2.78. The average Bonchev–Trinajstić information content (AvgIpc) is 2.47. The Labute approximate surface area is 144 Å². The van der Waals surface area contributed by atoms with Crippen LogP contribution in [0.2, 0.25) is 0 Å². The predicted molar refractivity (Wildman–Crippen MR) is 96.0 cm³/mol. The van der Waals surface area contributed by atoms with E-state index in [1.165, 1.54) is 4.31 Å². The molecule has 1 aromatic carbocycles. The molecule has 1 amide bonds. The van der Waals surface area contributed by atoms with E-state index in [1.807, 2.05) is 25.9 Å². The summed E-state index contributed by atoms with van der Waals surface area (Å²) in [6.45, 7) is 3.79. The number of sulfonamides is 1. The van der Waals surface area contributed by atoms with Crippen molar-refractivity contribution in [2.75, 3.05) is 50.9 Å². The average molecular weight is 357 g/mol. The van der Waals surface area contributed by atoms with Crippen LogP contribution in [0.25, 0.3) is 0 Å². The molecule has 8 heteroatoms. The van der Waals surface area contributed by atoms with Gasteiger partial charge in [0.2, 0.25) is 15.9 Å². The molecule has 0 saturated carbocycles. The van der Waals surface area contributed by atoms with Crippen LogP contribution in [0.3, 0.4) is 0 Å². The maximum Gasteiger partial charge on any atom is 0.232 e. The van der Waals surface area contributed by atoms with Crippen molar-refractivity contribution < 1.29 is 17.9 Å². The van der Waals surface area contributed by atoms with E-state index >= 15 is 0 Å². The lowest BCUT2D eigenvalue weighted by atomic mass is 10.3. The molecule has 0 atom stereocenters. The van der Waals surface area contributed by atoms with Crippen molar-refractivity contribution in [3.63, 3.8) is 0 Å². The molecule has 1 rings (SSSR count). The molecule has 0 aliphatic heterocycles. The lowest BCUT2D eigenvalue weighted by Crippen LogP contribution is -2.36. The molecule has 1 N–H and O–H groups in total. The zero-order valence-electron chi connectivity index (χ0n) is 14.8. The fraction of sp³-hybridized carbons (Fsp3) is 0.562. The van der Waals surface area contributed by atoms with Crippen LogP contribution in [0.15, 0.2) is 24.3 Å². The number of amides is 1. The van der Waals surface area contributed by atoms with Gasteiger partial charge in [0.15, 0.2) is 0 Å². The first-order valence-electron chi connectivity index (χ1n) is 7.86. The van der Waals surface area contributed by atoms with Gasteiger partial charge in [-0.1, -0.05) is 0 Å². The lowest BCUT2D eigenvalue weighted by Gasteiger charge is -2.22. The number of benzene rings is 1. The second-order valence-corrected chi connectivity index (χ2v) is 7.57. The van der Waals surface area contributed by atoms with Gasteiger partial charge in [-0.05, 0) is 45.3 Å². The molecular formula is C16H27N3O4S. The van der Waals surface area contributed by atoms with Crippen molar-refractivity contribution in [1.29, 1.82) is 0 Å². The largest absolute Gasteiger partial charge is 0.494 e. The van der Waals surface area contributed by atoms with Crippen molar-refractivity contribution in [2.24, 2.45) is 0 Å². The molecule has 24 heavy (non-hydrogen) atoms. The van der Waals surface area contributed by atoms with Crippen LogP contribution in [0.5, 0.6) is 5.75 Å². The van der Waals surface area contributed by atoms with E-state index in [1.54, 1.807) is 24.3 Å². The van der Waals surface area contributed by atoms with Gasteiger partial charge in [0.25, 0.3) is 0 Å². The van der Waals surface area contributed by atoms with Crippen molar-refractivity contribution in [1.82, 2.24) is 10.2 Å². The molecule has 0 spiro atoms. The number of rotatable bonds is 10. The van der Waals surface area contributed by atoms with E-state index in [0.717, 1.165) is 12.8 Å². The van der Waals surface area contributed by atoms with Crippen molar-refractivity contribution in [3.8, 4) is 5.75 Å². The van der Waals surface area contributed by atoms with E-state index in [0.29, 0.717) is 24.6 Å². The van der Waals surface area contributed by atoms with Crippen molar-refractivity contribution >= 4 is 21.6 Å². The summed E-state index contributed by atoms with van der Waals surface area (Å²) in [4.78, 5) is 13.8. The SMILES string of the molecule is CCOc1ccc(N(CCC(=O)NCCN(C)C)S(C)(=O)=O)cc1. The molecule has 0 saturated heterocycles. The number of anilines is 1. The minimum absolute atomic E-state index is 0.0978. The molecule has 7 nitrogen and oxygen atoms in total. The Morgan fingerprint density at radius 2 is 1.79 bits per heavy atom. The number of carbonyl (C=O) groups is 1. The third-order valence-corrected chi connectivity index (χ3v) is 4.45. The molecule has 0 unspecified atom stereocenters. The Bertz CT molecular complexity index is 615. The Balaban J connectivity index is 2.68. The van der Waals surface area contributed by atoms with Gasteiger partial charge in [0, 0.05) is 26.1 Å². The van der Waals surface area contributed by atoms with Crippen molar-refractivity contribution in [3.05, 3.63) is 24.3 Å². The first kappa shape index (κ1) is 20.2. The molecular weight excluding hydrogens is 330 g/mol. The van der Waals surface area contributed by atoms with Gasteiger partial charge in [-0.15, -0.1) is 0 Å². The van der Waals surface area contributed by atoms with Crippen LogP contribution in [0.4, 0.5) is 5.69 Å². The zero-order valence-corrected chi connectivity index (χ0v) is 15.6. The molecule has 0 fully saturated rings. The summed E-state index contributed by atoms with van der Waals surface area (Å²) in [6.07, 6.45) is 1.24. The Morgan fingerprint density at radius 3 is 2.29 bits per heavy atom. The fourth-order valence-electron chi connectivity index (χ4n) is 2.07. The van der Waals surface area contributed by atoms with Gasteiger partial charge in [-0.2, -0.15) is 0 Å².